The van der Waals surface area contributed by atoms with Crippen LogP contribution in [-0.4, -0.2) is 31.3 Å². The van der Waals surface area contributed by atoms with Crippen LogP contribution in [0.4, 0.5) is 5.95 Å². The molecule has 0 aliphatic heterocycles. The van der Waals surface area contributed by atoms with E-state index in [1.807, 2.05) is 73.7 Å². The number of benzene rings is 3. The molecule has 0 saturated carbocycles. The average molecular weight is 553 g/mol. The molecule has 1 atom stereocenters. The van der Waals surface area contributed by atoms with Crippen molar-refractivity contribution in [3.8, 4) is 11.5 Å². The first-order valence-electron chi connectivity index (χ1n) is 13.5. The molecule has 10 heteroatoms. The minimum Gasteiger partial charge on any atom is -0.488 e. The number of hydrogen-bond acceptors (Lipinski definition) is 8. The summed E-state index contributed by atoms with van der Waals surface area (Å²) in [5.41, 5.74) is 4.18. The van der Waals surface area contributed by atoms with Crippen LogP contribution in [0.15, 0.2) is 89.6 Å². The first kappa shape index (κ1) is 27.6. The van der Waals surface area contributed by atoms with E-state index < -0.39 is 5.91 Å². The van der Waals surface area contributed by atoms with Gasteiger partial charge in [-0.05, 0) is 40.3 Å². The van der Waals surface area contributed by atoms with Crippen LogP contribution in [0.3, 0.4) is 0 Å². The number of ether oxygens (including phenoxy) is 2. The second kappa shape index (κ2) is 12.9. The number of hydrogen-bond donors (Lipinski definition) is 1. The normalized spacial score (nSPS) is 11.8. The number of nitrogens with one attached hydrogen (secondary N) is 1. The van der Waals surface area contributed by atoms with E-state index >= 15 is 0 Å². The van der Waals surface area contributed by atoms with Gasteiger partial charge in [0.25, 0.3) is 11.9 Å². The van der Waals surface area contributed by atoms with E-state index in [0.29, 0.717) is 25.4 Å². The van der Waals surface area contributed by atoms with Gasteiger partial charge in [-0.3, -0.25) is 10.1 Å². The molecule has 41 heavy (non-hydrogen) atoms. The van der Waals surface area contributed by atoms with Crippen molar-refractivity contribution in [3.63, 3.8) is 0 Å². The predicted molar refractivity (Wildman–Crippen MR) is 153 cm³/mol. The topological polar surface area (TPSA) is 117 Å². The van der Waals surface area contributed by atoms with Crippen LogP contribution < -0.4 is 14.8 Å². The first-order chi connectivity index (χ1) is 20.0. The van der Waals surface area contributed by atoms with Crippen molar-refractivity contribution >= 4 is 11.9 Å². The third-order valence-corrected chi connectivity index (χ3v) is 6.59. The average Bonchev–Trinajstić information content (AvgIpc) is 3.70. The summed E-state index contributed by atoms with van der Waals surface area (Å²) >= 11 is 0. The smallest absolute Gasteiger partial charge is 0.280 e. The van der Waals surface area contributed by atoms with Gasteiger partial charge in [0.2, 0.25) is 0 Å². The highest BCUT2D eigenvalue weighted by Gasteiger charge is 2.24. The maximum absolute atomic E-state index is 12.4. The third kappa shape index (κ3) is 6.78. The van der Waals surface area contributed by atoms with Crippen molar-refractivity contribution < 1.29 is 18.8 Å². The highest BCUT2D eigenvalue weighted by atomic mass is 16.5. The highest BCUT2D eigenvalue weighted by Crippen LogP contribution is 2.39. The zero-order valence-corrected chi connectivity index (χ0v) is 23.2. The second-order valence-electron chi connectivity index (χ2n) is 9.83. The van der Waals surface area contributed by atoms with Crippen molar-refractivity contribution in [1.29, 1.82) is 0 Å². The summed E-state index contributed by atoms with van der Waals surface area (Å²) in [7, 11) is 0. The first-order valence-corrected chi connectivity index (χ1v) is 13.5. The minimum atomic E-state index is -0.486. The van der Waals surface area contributed by atoms with Gasteiger partial charge in [0.1, 0.15) is 37.0 Å². The number of carbonyl (C=O) groups excluding carboxylic acids is 1. The number of carbonyl (C=O) groups is 1. The molecule has 2 aromatic heterocycles. The fraction of sp³-hybridized carbons (Fsp3) is 0.258. The molecule has 0 radical (unpaired) electrons. The predicted octanol–water partition coefficient (Wildman–Crippen LogP) is 6.19. The van der Waals surface area contributed by atoms with E-state index in [1.54, 1.807) is 0 Å². The summed E-state index contributed by atoms with van der Waals surface area (Å²) in [6.07, 6.45) is 1.97. The lowest BCUT2D eigenvalue weighted by molar-refractivity contribution is 0.101. The summed E-state index contributed by atoms with van der Waals surface area (Å²) < 4.78 is 17.5. The highest BCUT2D eigenvalue weighted by molar-refractivity contribution is 6.01. The van der Waals surface area contributed by atoms with Crippen molar-refractivity contribution in [3.05, 3.63) is 113 Å². The summed E-state index contributed by atoms with van der Waals surface area (Å²) in [6.45, 7) is 7.12. The molecule has 1 unspecified atom stereocenters. The molecule has 0 fully saturated rings. The Kier molecular flexibility index (Phi) is 8.68. The van der Waals surface area contributed by atoms with Gasteiger partial charge in [-0.2, -0.15) is 4.80 Å². The van der Waals surface area contributed by atoms with Crippen LogP contribution in [-0.2, 0) is 13.2 Å². The molecule has 10 nitrogen and oxygen atoms in total. The fourth-order valence-corrected chi connectivity index (χ4v) is 4.44. The van der Waals surface area contributed by atoms with Crippen molar-refractivity contribution in [2.75, 3.05) is 5.32 Å². The van der Waals surface area contributed by atoms with Gasteiger partial charge in [0, 0.05) is 17.7 Å². The van der Waals surface area contributed by atoms with E-state index in [0.717, 1.165) is 28.0 Å². The number of tetrazole rings is 1. The van der Waals surface area contributed by atoms with Crippen LogP contribution in [0.2, 0.25) is 0 Å². The SMILES string of the molecule is CCC(c1cc(C(C)C)c(OCc2ccccc2)cc1OCc1ccccc1)n1nnc(NC(=O)c2ccon2)n1. The summed E-state index contributed by atoms with van der Waals surface area (Å²) in [6, 6.07) is 25.3. The van der Waals surface area contributed by atoms with Gasteiger partial charge < -0.3 is 14.0 Å². The summed E-state index contributed by atoms with van der Waals surface area (Å²) in [5.74, 6) is 1.19. The Morgan fingerprint density at radius 1 is 0.902 bits per heavy atom. The lowest BCUT2D eigenvalue weighted by Gasteiger charge is -2.23. The Morgan fingerprint density at radius 2 is 1.54 bits per heavy atom. The molecule has 1 amide bonds. The maximum Gasteiger partial charge on any atom is 0.280 e. The van der Waals surface area contributed by atoms with Crippen molar-refractivity contribution in [1.82, 2.24) is 25.4 Å². The summed E-state index contributed by atoms with van der Waals surface area (Å²) in [5, 5.41) is 19.0. The Hall–Kier alpha value is -4.99. The van der Waals surface area contributed by atoms with Crippen LogP contribution in [0, 0.1) is 0 Å². The standard InChI is InChI=1S/C31H32N6O4/c1-4-27(37-34-31(33-36-37)32-30(38)26-15-16-41-35-26)25-17-24(21(2)3)28(39-19-22-11-7-5-8-12-22)18-29(25)40-20-23-13-9-6-10-14-23/h5-18,21,27H,4,19-20H2,1-3H3,(H,32,34,38). The van der Waals surface area contributed by atoms with Gasteiger partial charge >= 0.3 is 0 Å². The molecule has 3 aromatic carbocycles. The van der Waals surface area contributed by atoms with Crippen LogP contribution >= 0.6 is 0 Å². The number of aromatic nitrogens is 5. The van der Waals surface area contributed by atoms with E-state index in [1.165, 1.54) is 17.1 Å². The molecular weight excluding hydrogens is 520 g/mol. The molecular formula is C31H32N6O4. The van der Waals surface area contributed by atoms with E-state index in [2.05, 4.69) is 45.8 Å². The quantitative estimate of drug-likeness (QED) is 0.195. The lowest BCUT2D eigenvalue weighted by Crippen LogP contribution is -2.17. The fourth-order valence-electron chi connectivity index (χ4n) is 4.44. The van der Waals surface area contributed by atoms with Crippen molar-refractivity contribution in [2.45, 2.75) is 52.4 Å². The van der Waals surface area contributed by atoms with Crippen LogP contribution in [0.5, 0.6) is 11.5 Å². The molecule has 0 bridgehead atoms. The van der Waals surface area contributed by atoms with E-state index in [4.69, 9.17) is 14.0 Å². The zero-order valence-electron chi connectivity index (χ0n) is 23.2. The molecule has 210 valence electrons. The van der Waals surface area contributed by atoms with Gasteiger partial charge in [-0.1, -0.05) is 91.7 Å². The minimum absolute atomic E-state index is 0.0649. The monoisotopic (exact) mass is 552 g/mol. The second-order valence-corrected chi connectivity index (χ2v) is 9.83. The Balaban J connectivity index is 1.48. The Bertz CT molecular complexity index is 1550. The van der Waals surface area contributed by atoms with Crippen molar-refractivity contribution in [2.24, 2.45) is 0 Å². The molecule has 5 aromatic rings. The molecule has 0 aliphatic carbocycles. The Morgan fingerprint density at radius 3 is 2.10 bits per heavy atom. The van der Waals surface area contributed by atoms with Crippen LogP contribution in [0.1, 0.15) is 71.9 Å². The van der Waals surface area contributed by atoms with Gasteiger partial charge in [-0.25, -0.2) is 0 Å². The largest absolute Gasteiger partial charge is 0.488 e. The molecule has 2 heterocycles. The number of anilines is 1. The van der Waals surface area contributed by atoms with E-state index in [-0.39, 0.29) is 23.6 Å². The molecule has 0 aliphatic rings. The molecule has 1 N–H and O–H groups in total. The zero-order chi connectivity index (χ0) is 28.6. The third-order valence-electron chi connectivity index (χ3n) is 6.59. The number of amides is 1. The lowest BCUT2D eigenvalue weighted by atomic mass is 9.94. The van der Waals surface area contributed by atoms with E-state index in [9.17, 15) is 4.79 Å². The number of rotatable bonds is 12. The summed E-state index contributed by atoms with van der Waals surface area (Å²) in [4.78, 5) is 13.9. The Labute approximate surface area is 238 Å². The van der Waals surface area contributed by atoms with Gasteiger partial charge in [0.15, 0.2) is 5.69 Å². The van der Waals surface area contributed by atoms with Gasteiger partial charge in [0.05, 0.1) is 0 Å². The maximum atomic E-state index is 12.4. The molecule has 5 rings (SSSR count). The van der Waals surface area contributed by atoms with Crippen LogP contribution in [0.25, 0.3) is 0 Å². The van der Waals surface area contributed by atoms with Gasteiger partial charge in [-0.15, -0.1) is 5.10 Å². The number of nitrogens with zero attached hydrogens (tertiary/aromatic N) is 5. The molecule has 0 spiro atoms. The molecule has 0 saturated heterocycles.